The number of hydrogen-bond donors (Lipinski definition) is 3. The molecule has 2 rings (SSSR count). The molecule has 88 valence electrons. The number of rotatable bonds is 4. The molecule has 0 aliphatic carbocycles. The zero-order chi connectivity index (χ0) is 12.3. The lowest BCUT2D eigenvalue weighted by Gasteiger charge is -2.05. The molecule has 9 nitrogen and oxygen atoms in total. The molecule has 0 radical (unpaired) electrons. The predicted molar refractivity (Wildman–Crippen MR) is 61.9 cm³/mol. The normalized spacial score (nSPS) is 9.94. The van der Waals surface area contributed by atoms with Crippen molar-refractivity contribution >= 4 is 33.8 Å². The van der Waals surface area contributed by atoms with Gasteiger partial charge in [0.15, 0.2) is 5.13 Å². The highest BCUT2D eigenvalue weighted by Crippen LogP contribution is 2.30. The predicted octanol–water partition coefficient (Wildman–Crippen LogP) is 0.870. The summed E-state index contributed by atoms with van der Waals surface area (Å²) in [7, 11) is 0. The van der Waals surface area contributed by atoms with Crippen LogP contribution in [-0.2, 0) is 0 Å². The van der Waals surface area contributed by atoms with E-state index in [1.807, 2.05) is 0 Å². The number of anilines is 3. The van der Waals surface area contributed by atoms with Gasteiger partial charge in [0, 0.05) is 11.6 Å². The second-order valence-corrected chi connectivity index (χ2v) is 3.68. The van der Waals surface area contributed by atoms with Crippen LogP contribution >= 0.6 is 11.3 Å². The number of nitrogens with two attached hydrogens (primary N) is 1. The Morgan fingerprint density at radius 3 is 2.71 bits per heavy atom. The number of nitrogens with one attached hydrogen (secondary N) is 2. The molecule has 0 aromatic carbocycles. The van der Waals surface area contributed by atoms with Crippen molar-refractivity contribution in [2.45, 2.75) is 0 Å². The second kappa shape index (κ2) is 4.67. The summed E-state index contributed by atoms with van der Waals surface area (Å²) in [6.45, 7) is 0. The van der Waals surface area contributed by atoms with Crippen molar-refractivity contribution in [3.63, 3.8) is 0 Å². The molecule has 2 aromatic rings. The maximum atomic E-state index is 10.9. The summed E-state index contributed by atoms with van der Waals surface area (Å²) in [5.74, 6) is 5.11. The lowest BCUT2D eigenvalue weighted by molar-refractivity contribution is -0.383. The van der Waals surface area contributed by atoms with E-state index in [4.69, 9.17) is 5.84 Å². The Labute approximate surface area is 98.9 Å². The van der Waals surface area contributed by atoms with Gasteiger partial charge in [-0.15, -0.1) is 11.3 Å². The van der Waals surface area contributed by atoms with Crippen LogP contribution in [0.5, 0.6) is 0 Å². The minimum Gasteiger partial charge on any atom is -0.310 e. The Morgan fingerprint density at radius 2 is 2.12 bits per heavy atom. The molecule has 0 atom stereocenters. The number of nitrogen functional groups attached to an aromatic ring is 1. The topological polar surface area (TPSA) is 132 Å². The van der Waals surface area contributed by atoms with Crippen molar-refractivity contribution in [1.82, 2.24) is 15.0 Å². The monoisotopic (exact) mass is 253 g/mol. The molecule has 17 heavy (non-hydrogen) atoms. The van der Waals surface area contributed by atoms with Crippen LogP contribution in [0.1, 0.15) is 0 Å². The van der Waals surface area contributed by atoms with E-state index in [2.05, 4.69) is 25.7 Å². The number of hydrogen-bond acceptors (Lipinski definition) is 9. The molecule has 0 aliphatic heterocycles. The van der Waals surface area contributed by atoms with Gasteiger partial charge in [0.05, 0.1) is 4.92 Å². The quantitative estimate of drug-likeness (QED) is 0.415. The van der Waals surface area contributed by atoms with Gasteiger partial charge in [-0.1, -0.05) is 0 Å². The number of thiazole rings is 1. The molecule has 2 aromatic heterocycles. The van der Waals surface area contributed by atoms with E-state index < -0.39 is 4.92 Å². The fraction of sp³-hybridized carbons (Fsp3) is 0. The van der Waals surface area contributed by atoms with Gasteiger partial charge in [-0.25, -0.2) is 20.8 Å². The molecule has 0 fully saturated rings. The molecule has 0 spiro atoms. The van der Waals surface area contributed by atoms with Gasteiger partial charge in [-0.05, 0) is 0 Å². The summed E-state index contributed by atoms with van der Waals surface area (Å²) in [6, 6.07) is 0. The first-order valence-corrected chi connectivity index (χ1v) is 5.23. The van der Waals surface area contributed by atoms with Crippen LogP contribution in [0.3, 0.4) is 0 Å². The van der Waals surface area contributed by atoms with Crippen molar-refractivity contribution in [2.24, 2.45) is 5.84 Å². The van der Waals surface area contributed by atoms with Crippen LogP contribution in [0.25, 0.3) is 0 Å². The van der Waals surface area contributed by atoms with E-state index in [1.165, 1.54) is 11.3 Å². The van der Waals surface area contributed by atoms with Crippen LogP contribution in [0.2, 0.25) is 0 Å². The number of nitrogens with zero attached hydrogens (tertiary/aromatic N) is 4. The van der Waals surface area contributed by atoms with Crippen LogP contribution in [0.4, 0.5) is 22.5 Å². The molecular formula is C7H7N7O2S. The number of aromatic nitrogens is 3. The molecule has 0 amide bonds. The molecule has 0 saturated carbocycles. The molecule has 10 heteroatoms. The third kappa shape index (κ3) is 2.26. The van der Waals surface area contributed by atoms with E-state index >= 15 is 0 Å². The fourth-order valence-corrected chi connectivity index (χ4v) is 1.66. The van der Waals surface area contributed by atoms with Crippen LogP contribution in [0, 0.1) is 10.1 Å². The fourth-order valence-electron chi connectivity index (χ4n) is 1.14. The largest absolute Gasteiger partial charge is 0.354 e. The average molecular weight is 253 g/mol. The average Bonchev–Trinajstić information content (AvgIpc) is 2.81. The van der Waals surface area contributed by atoms with Crippen LogP contribution < -0.4 is 16.6 Å². The maximum absolute atomic E-state index is 10.9. The van der Waals surface area contributed by atoms with E-state index in [1.54, 1.807) is 11.6 Å². The molecule has 2 heterocycles. The summed E-state index contributed by atoms with van der Waals surface area (Å²) in [5.41, 5.74) is 1.82. The van der Waals surface area contributed by atoms with E-state index in [0.717, 1.165) is 6.33 Å². The highest BCUT2D eigenvalue weighted by Gasteiger charge is 2.22. The lowest BCUT2D eigenvalue weighted by Crippen LogP contribution is -2.12. The molecular weight excluding hydrogens is 246 g/mol. The Kier molecular flexibility index (Phi) is 3.07. The SMILES string of the molecule is NNc1ncnc(Nc2nccs2)c1[N+](=O)[O-]. The Balaban J connectivity index is 2.42. The van der Waals surface area contributed by atoms with Gasteiger partial charge >= 0.3 is 5.69 Å². The zero-order valence-electron chi connectivity index (χ0n) is 8.32. The summed E-state index contributed by atoms with van der Waals surface area (Å²) >= 11 is 1.29. The highest BCUT2D eigenvalue weighted by atomic mass is 32.1. The Bertz CT molecular complexity index is 529. The first-order valence-electron chi connectivity index (χ1n) is 4.35. The second-order valence-electron chi connectivity index (χ2n) is 2.78. The van der Waals surface area contributed by atoms with Crippen molar-refractivity contribution in [1.29, 1.82) is 0 Å². The van der Waals surface area contributed by atoms with Gasteiger partial charge in [-0.3, -0.25) is 10.1 Å². The van der Waals surface area contributed by atoms with Gasteiger partial charge in [0.2, 0.25) is 11.6 Å². The van der Waals surface area contributed by atoms with Crippen LogP contribution in [-0.4, -0.2) is 19.9 Å². The maximum Gasteiger partial charge on any atom is 0.354 e. The summed E-state index contributed by atoms with van der Waals surface area (Å²) in [4.78, 5) is 21.7. The van der Waals surface area contributed by atoms with Gasteiger partial charge in [0.1, 0.15) is 6.33 Å². The van der Waals surface area contributed by atoms with Gasteiger partial charge < -0.3 is 10.7 Å². The molecule has 0 aliphatic rings. The van der Waals surface area contributed by atoms with Crippen LogP contribution in [0.15, 0.2) is 17.9 Å². The summed E-state index contributed by atoms with van der Waals surface area (Å²) in [5, 5.41) is 15.9. The lowest BCUT2D eigenvalue weighted by atomic mass is 10.4. The highest BCUT2D eigenvalue weighted by molar-refractivity contribution is 7.13. The molecule has 0 bridgehead atoms. The van der Waals surface area contributed by atoms with Crippen molar-refractivity contribution in [3.05, 3.63) is 28.0 Å². The zero-order valence-corrected chi connectivity index (χ0v) is 9.14. The Hall–Kier alpha value is -2.33. The van der Waals surface area contributed by atoms with Gasteiger partial charge in [-0.2, -0.15) is 0 Å². The van der Waals surface area contributed by atoms with Crippen molar-refractivity contribution in [3.8, 4) is 0 Å². The first-order chi connectivity index (χ1) is 8.22. The first kappa shape index (κ1) is 11.2. The number of hydrazine groups is 1. The number of nitro groups is 1. The van der Waals surface area contributed by atoms with E-state index in [-0.39, 0.29) is 17.3 Å². The van der Waals surface area contributed by atoms with Crippen molar-refractivity contribution in [2.75, 3.05) is 10.7 Å². The third-order valence-electron chi connectivity index (χ3n) is 1.80. The third-order valence-corrected chi connectivity index (χ3v) is 2.49. The minimum atomic E-state index is -0.620. The van der Waals surface area contributed by atoms with E-state index in [9.17, 15) is 10.1 Å². The van der Waals surface area contributed by atoms with Gasteiger partial charge in [0.25, 0.3) is 0 Å². The standard InChI is InChI=1S/C7H7N7O2S/c8-13-6-4(14(15)16)5(10-3-11-6)12-7-9-1-2-17-7/h1-3H,8H2,(H2,9,10,11,12,13). The summed E-state index contributed by atoms with van der Waals surface area (Å²) in [6.07, 6.45) is 2.74. The minimum absolute atomic E-state index is 0.0351. The molecule has 0 saturated heterocycles. The smallest absolute Gasteiger partial charge is 0.310 e. The molecule has 0 unspecified atom stereocenters. The summed E-state index contributed by atoms with van der Waals surface area (Å²) < 4.78 is 0. The van der Waals surface area contributed by atoms with Crippen molar-refractivity contribution < 1.29 is 4.92 Å². The van der Waals surface area contributed by atoms with E-state index in [0.29, 0.717) is 5.13 Å². The Morgan fingerprint density at radius 1 is 1.35 bits per heavy atom. The molecule has 4 N–H and O–H groups in total.